The fourth-order valence-corrected chi connectivity index (χ4v) is 1.91. The maximum absolute atomic E-state index is 12.0. The Morgan fingerprint density at radius 1 is 0.778 bits per heavy atom. The van der Waals surface area contributed by atoms with Crippen molar-refractivity contribution in [2.24, 2.45) is 10.2 Å². The van der Waals surface area contributed by atoms with E-state index in [2.05, 4.69) is 31.0 Å². The van der Waals surface area contributed by atoms with Gasteiger partial charge in [0.2, 0.25) is 0 Å². The maximum atomic E-state index is 12.0. The Hall–Kier alpha value is -4.14. The molecular formula is C18H14N6O3. The van der Waals surface area contributed by atoms with E-state index in [1.807, 2.05) is 0 Å². The largest absolute Gasteiger partial charge is 0.446 e. The van der Waals surface area contributed by atoms with Crippen molar-refractivity contribution < 1.29 is 14.0 Å². The molecule has 0 unspecified atom stereocenters. The van der Waals surface area contributed by atoms with Crippen LogP contribution in [0, 0.1) is 0 Å². The number of hydrazone groups is 2. The molecule has 0 bridgehead atoms. The molecule has 0 aliphatic rings. The first-order chi connectivity index (χ1) is 13.2. The molecule has 9 heteroatoms. The van der Waals surface area contributed by atoms with Gasteiger partial charge in [-0.05, 0) is 36.4 Å². The minimum absolute atomic E-state index is 0.0629. The normalized spacial score (nSPS) is 11.0. The van der Waals surface area contributed by atoms with Crippen molar-refractivity contribution >= 4 is 24.2 Å². The van der Waals surface area contributed by atoms with Gasteiger partial charge in [0.15, 0.2) is 11.5 Å². The molecule has 0 spiro atoms. The third-order valence-corrected chi connectivity index (χ3v) is 3.15. The van der Waals surface area contributed by atoms with Gasteiger partial charge in [0.1, 0.15) is 0 Å². The summed E-state index contributed by atoms with van der Waals surface area (Å²) in [7, 11) is 0. The molecule has 0 aliphatic heterocycles. The fraction of sp³-hybridized carbons (Fsp3) is 0. The van der Waals surface area contributed by atoms with Crippen molar-refractivity contribution in [3.8, 4) is 0 Å². The molecule has 0 saturated carbocycles. The van der Waals surface area contributed by atoms with Crippen LogP contribution in [0.25, 0.3) is 0 Å². The zero-order chi connectivity index (χ0) is 18.9. The highest BCUT2D eigenvalue weighted by Crippen LogP contribution is 2.07. The van der Waals surface area contributed by atoms with Crippen LogP contribution in [-0.4, -0.2) is 34.2 Å². The second kappa shape index (κ2) is 8.81. The summed E-state index contributed by atoms with van der Waals surface area (Å²) in [4.78, 5) is 32.0. The van der Waals surface area contributed by atoms with Crippen LogP contribution in [0.4, 0.5) is 0 Å². The smallest absolute Gasteiger partial charge is 0.307 e. The molecule has 0 fully saturated rings. The number of nitrogens with one attached hydrogen (secondary N) is 2. The summed E-state index contributed by atoms with van der Waals surface area (Å²) >= 11 is 0. The number of nitrogens with zero attached hydrogens (tertiary/aromatic N) is 4. The summed E-state index contributed by atoms with van der Waals surface area (Å²) in [5.74, 6) is -1.32. The van der Waals surface area contributed by atoms with Crippen molar-refractivity contribution in [3.05, 3.63) is 83.8 Å². The predicted molar refractivity (Wildman–Crippen MR) is 97.3 cm³/mol. The van der Waals surface area contributed by atoms with Crippen LogP contribution in [0.5, 0.6) is 0 Å². The number of furan rings is 1. The second-order valence-corrected chi connectivity index (χ2v) is 5.07. The van der Waals surface area contributed by atoms with Gasteiger partial charge < -0.3 is 4.42 Å². The van der Waals surface area contributed by atoms with Crippen LogP contribution in [0.3, 0.4) is 0 Å². The number of pyridine rings is 2. The monoisotopic (exact) mass is 362 g/mol. The summed E-state index contributed by atoms with van der Waals surface area (Å²) in [5.41, 5.74) is 5.76. The lowest BCUT2D eigenvalue weighted by atomic mass is 10.4. The summed E-state index contributed by atoms with van der Waals surface area (Å²) in [6.45, 7) is 0. The third kappa shape index (κ3) is 5.16. The molecule has 0 radical (unpaired) electrons. The topological polar surface area (TPSA) is 122 Å². The van der Waals surface area contributed by atoms with Crippen LogP contribution in [0.15, 0.2) is 75.5 Å². The molecule has 3 rings (SSSR count). The van der Waals surface area contributed by atoms with E-state index in [0.717, 1.165) is 0 Å². The highest BCUT2D eigenvalue weighted by Gasteiger charge is 2.15. The average molecular weight is 362 g/mol. The minimum atomic E-state index is -0.599. The Balaban J connectivity index is 1.54. The molecule has 0 atom stereocenters. The van der Waals surface area contributed by atoms with Gasteiger partial charge in [-0.25, -0.2) is 10.9 Å². The molecule has 0 aliphatic carbocycles. The van der Waals surface area contributed by atoms with Crippen LogP contribution in [0.2, 0.25) is 0 Å². The lowest BCUT2D eigenvalue weighted by Gasteiger charge is -1.97. The van der Waals surface area contributed by atoms with Crippen LogP contribution in [-0.2, 0) is 0 Å². The molecule has 0 aromatic carbocycles. The number of hydrogen-bond donors (Lipinski definition) is 2. The molecule has 3 aromatic rings. The number of amides is 2. The van der Waals surface area contributed by atoms with Gasteiger partial charge in [-0.15, -0.1) is 0 Å². The summed E-state index contributed by atoms with van der Waals surface area (Å²) in [6.07, 6.45) is 6.00. The first kappa shape index (κ1) is 17.7. The summed E-state index contributed by atoms with van der Waals surface area (Å²) in [5, 5.41) is 7.55. The van der Waals surface area contributed by atoms with Gasteiger partial charge in [0.05, 0.1) is 23.8 Å². The third-order valence-electron chi connectivity index (χ3n) is 3.15. The average Bonchev–Trinajstić information content (AvgIpc) is 3.20. The van der Waals surface area contributed by atoms with Gasteiger partial charge in [-0.2, -0.15) is 10.2 Å². The Labute approximate surface area is 153 Å². The van der Waals surface area contributed by atoms with Crippen molar-refractivity contribution in [1.82, 2.24) is 20.8 Å². The highest BCUT2D eigenvalue weighted by molar-refractivity contribution is 5.96. The number of carbonyl (C=O) groups excluding carboxylic acids is 2. The standard InChI is InChI=1S/C18H14N6O3/c25-17(23-21-11-13-5-1-3-9-19-13)15-7-8-16(27-15)18(26)24-22-12-14-6-2-4-10-20-14/h1-12H,(H,23,25)(H,24,26). The van der Waals surface area contributed by atoms with E-state index in [9.17, 15) is 9.59 Å². The number of carbonyl (C=O) groups is 2. The van der Waals surface area contributed by atoms with E-state index in [0.29, 0.717) is 11.4 Å². The first-order valence-electron chi connectivity index (χ1n) is 7.81. The van der Waals surface area contributed by atoms with Crippen LogP contribution >= 0.6 is 0 Å². The van der Waals surface area contributed by atoms with Crippen molar-refractivity contribution in [3.63, 3.8) is 0 Å². The number of aromatic nitrogens is 2. The fourth-order valence-electron chi connectivity index (χ4n) is 1.91. The predicted octanol–water partition coefficient (Wildman–Crippen LogP) is 1.60. The molecule has 2 N–H and O–H groups in total. The molecule has 0 saturated heterocycles. The van der Waals surface area contributed by atoms with Gasteiger partial charge in [0.25, 0.3) is 0 Å². The van der Waals surface area contributed by atoms with E-state index >= 15 is 0 Å². The Morgan fingerprint density at radius 2 is 1.26 bits per heavy atom. The Kier molecular flexibility index (Phi) is 5.77. The second-order valence-electron chi connectivity index (χ2n) is 5.07. The van der Waals surface area contributed by atoms with E-state index < -0.39 is 11.8 Å². The molecule has 3 aromatic heterocycles. The summed E-state index contributed by atoms with van der Waals surface area (Å²) < 4.78 is 5.21. The van der Waals surface area contributed by atoms with E-state index in [-0.39, 0.29) is 11.5 Å². The van der Waals surface area contributed by atoms with Crippen molar-refractivity contribution in [2.45, 2.75) is 0 Å². The van der Waals surface area contributed by atoms with E-state index in [1.54, 1.807) is 48.8 Å². The molecule has 27 heavy (non-hydrogen) atoms. The molecule has 3 heterocycles. The molecule has 134 valence electrons. The number of hydrogen-bond acceptors (Lipinski definition) is 7. The van der Waals surface area contributed by atoms with Gasteiger partial charge in [0, 0.05) is 12.4 Å². The maximum Gasteiger partial charge on any atom is 0.307 e. The van der Waals surface area contributed by atoms with Gasteiger partial charge in [-0.1, -0.05) is 12.1 Å². The molecule has 9 nitrogen and oxygen atoms in total. The van der Waals surface area contributed by atoms with Crippen molar-refractivity contribution in [2.75, 3.05) is 0 Å². The zero-order valence-electron chi connectivity index (χ0n) is 13.9. The van der Waals surface area contributed by atoms with E-state index in [1.165, 1.54) is 24.6 Å². The minimum Gasteiger partial charge on any atom is -0.446 e. The first-order valence-corrected chi connectivity index (χ1v) is 7.81. The zero-order valence-corrected chi connectivity index (χ0v) is 13.9. The summed E-state index contributed by atoms with van der Waals surface area (Å²) in [6, 6.07) is 13.3. The lowest BCUT2D eigenvalue weighted by Crippen LogP contribution is -2.18. The van der Waals surface area contributed by atoms with Crippen molar-refractivity contribution in [1.29, 1.82) is 0 Å². The van der Waals surface area contributed by atoms with Crippen LogP contribution < -0.4 is 10.9 Å². The van der Waals surface area contributed by atoms with Gasteiger partial charge >= 0.3 is 11.8 Å². The Morgan fingerprint density at radius 3 is 1.67 bits per heavy atom. The molecule has 2 amide bonds. The molecular weight excluding hydrogens is 348 g/mol. The number of rotatable bonds is 6. The Bertz CT molecular complexity index is 889. The van der Waals surface area contributed by atoms with Gasteiger partial charge in [-0.3, -0.25) is 19.6 Å². The quantitative estimate of drug-likeness (QED) is 0.509. The SMILES string of the molecule is O=C(NN=Cc1ccccn1)c1ccc(C(=O)NN=Cc2ccccn2)o1. The highest BCUT2D eigenvalue weighted by atomic mass is 16.4. The lowest BCUT2D eigenvalue weighted by molar-refractivity contribution is 0.0902. The van der Waals surface area contributed by atoms with Crippen LogP contribution in [0.1, 0.15) is 32.5 Å². The van der Waals surface area contributed by atoms with E-state index in [4.69, 9.17) is 4.42 Å².